The lowest BCUT2D eigenvalue weighted by atomic mass is 10.1. The smallest absolute Gasteiger partial charge is 0.248 e. The molecule has 20 heavy (non-hydrogen) atoms. The molecular weight excluding hydrogens is 296 g/mol. The van der Waals surface area contributed by atoms with Crippen LogP contribution in [0.4, 0.5) is 5.69 Å². The zero-order chi connectivity index (χ0) is 14.7. The number of nitrogens with two attached hydrogens (primary N) is 1. The highest BCUT2D eigenvalue weighted by Crippen LogP contribution is 2.18. The fourth-order valence-corrected chi connectivity index (χ4v) is 2.01. The number of carbonyl (C=O) groups excluding carboxylic acids is 1. The van der Waals surface area contributed by atoms with Gasteiger partial charge in [0.2, 0.25) is 5.91 Å². The third kappa shape index (κ3) is 3.15. The average molecular weight is 309 g/mol. The van der Waals surface area contributed by atoms with Crippen molar-refractivity contribution >= 4 is 40.4 Å². The lowest BCUT2D eigenvalue weighted by molar-refractivity contribution is -0.119. The van der Waals surface area contributed by atoms with E-state index in [2.05, 4.69) is 10.4 Å². The predicted octanol–water partition coefficient (Wildman–Crippen LogP) is 2.37. The summed E-state index contributed by atoms with van der Waals surface area (Å²) in [4.78, 5) is 12.4. The molecule has 0 fully saturated rings. The van der Waals surface area contributed by atoms with Crippen molar-refractivity contribution < 1.29 is 4.79 Å². The highest BCUT2D eigenvalue weighted by molar-refractivity contribution is 7.80. The highest BCUT2D eigenvalue weighted by Gasteiger charge is 2.17. The van der Waals surface area contributed by atoms with E-state index in [9.17, 15) is 4.79 Å². The Balaban J connectivity index is 2.18. The Morgan fingerprint density at radius 1 is 1.50 bits per heavy atom. The van der Waals surface area contributed by atoms with Crippen LogP contribution in [-0.4, -0.2) is 20.7 Å². The number of rotatable bonds is 4. The Morgan fingerprint density at radius 3 is 2.80 bits per heavy atom. The Morgan fingerprint density at radius 2 is 2.20 bits per heavy atom. The molecule has 3 N–H and O–H groups in total. The fraction of sp³-hybridized carbons (Fsp3) is 0.154. The summed E-state index contributed by atoms with van der Waals surface area (Å²) < 4.78 is 1.49. The van der Waals surface area contributed by atoms with Crippen molar-refractivity contribution in [2.24, 2.45) is 5.73 Å². The fourth-order valence-electron chi connectivity index (χ4n) is 1.69. The third-order valence-electron chi connectivity index (χ3n) is 2.80. The Hall–Kier alpha value is -1.92. The van der Waals surface area contributed by atoms with Crippen LogP contribution >= 0.6 is 23.8 Å². The van der Waals surface area contributed by atoms with Crippen molar-refractivity contribution in [3.05, 3.63) is 47.2 Å². The molecule has 0 aliphatic carbocycles. The molecule has 1 atom stereocenters. The topological polar surface area (TPSA) is 72.9 Å². The van der Waals surface area contributed by atoms with E-state index in [4.69, 9.17) is 29.6 Å². The van der Waals surface area contributed by atoms with Gasteiger partial charge in [-0.1, -0.05) is 36.0 Å². The van der Waals surface area contributed by atoms with Crippen molar-refractivity contribution in [1.82, 2.24) is 9.78 Å². The van der Waals surface area contributed by atoms with E-state index < -0.39 is 6.04 Å². The third-order valence-corrected chi connectivity index (χ3v) is 3.21. The molecule has 5 nitrogen and oxygen atoms in total. The summed E-state index contributed by atoms with van der Waals surface area (Å²) in [6, 6.07) is 6.61. The minimum absolute atomic E-state index is 0.228. The Labute approximate surface area is 126 Å². The van der Waals surface area contributed by atoms with E-state index in [0.717, 1.165) is 0 Å². The van der Waals surface area contributed by atoms with Crippen LogP contribution in [0.2, 0.25) is 5.02 Å². The van der Waals surface area contributed by atoms with E-state index in [1.54, 1.807) is 37.4 Å². The minimum atomic E-state index is -0.498. The van der Waals surface area contributed by atoms with Crippen LogP contribution in [0, 0.1) is 0 Å². The highest BCUT2D eigenvalue weighted by atomic mass is 35.5. The van der Waals surface area contributed by atoms with Gasteiger partial charge in [0, 0.05) is 11.8 Å². The van der Waals surface area contributed by atoms with Crippen molar-refractivity contribution in [2.75, 3.05) is 5.32 Å². The summed E-state index contributed by atoms with van der Waals surface area (Å²) in [5, 5.41) is 7.28. The zero-order valence-electron chi connectivity index (χ0n) is 10.7. The maximum atomic E-state index is 12.2. The van der Waals surface area contributed by atoms with Crippen LogP contribution in [0.5, 0.6) is 0 Å². The molecule has 0 bridgehead atoms. The summed E-state index contributed by atoms with van der Waals surface area (Å²) in [7, 11) is 0. The molecule has 0 aliphatic heterocycles. The van der Waals surface area contributed by atoms with Crippen molar-refractivity contribution in [2.45, 2.75) is 13.0 Å². The second-order valence-corrected chi connectivity index (χ2v) is 5.09. The van der Waals surface area contributed by atoms with E-state index in [-0.39, 0.29) is 10.9 Å². The first-order chi connectivity index (χ1) is 9.49. The van der Waals surface area contributed by atoms with Crippen LogP contribution in [0.3, 0.4) is 0 Å². The van der Waals surface area contributed by atoms with Crippen LogP contribution in [0.1, 0.15) is 18.5 Å². The van der Waals surface area contributed by atoms with Gasteiger partial charge in [-0.05, 0) is 19.1 Å². The van der Waals surface area contributed by atoms with Gasteiger partial charge in [0.15, 0.2) is 0 Å². The van der Waals surface area contributed by atoms with Gasteiger partial charge in [0.1, 0.15) is 11.0 Å². The van der Waals surface area contributed by atoms with Gasteiger partial charge in [-0.25, -0.2) is 0 Å². The van der Waals surface area contributed by atoms with Crippen LogP contribution in [0.15, 0.2) is 36.7 Å². The van der Waals surface area contributed by atoms with Gasteiger partial charge in [-0.2, -0.15) is 5.10 Å². The second kappa shape index (κ2) is 6.02. The predicted molar refractivity (Wildman–Crippen MR) is 82.9 cm³/mol. The number of nitrogens with one attached hydrogen (secondary N) is 1. The van der Waals surface area contributed by atoms with E-state index in [1.165, 1.54) is 10.9 Å². The molecule has 104 valence electrons. The molecular formula is C13H13ClN4OS. The van der Waals surface area contributed by atoms with Gasteiger partial charge in [-0.3, -0.25) is 9.48 Å². The monoisotopic (exact) mass is 308 g/mol. The SMILES string of the molecule is CC(C(=O)Nc1ccccc1C(N)=S)n1cc(Cl)cn1. The van der Waals surface area contributed by atoms with Gasteiger partial charge in [0.05, 0.1) is 16.9 Å². The van der Waals surface area contributed by atoms with E-state index in [1.807, 2.05) is 0 Å². The molecule has 1 amide bonds. The quantitative estimate of drug-likeness (QED) is 0.851. The number of halogens is 1. The number of nitrogens with zero attached hydrogens (tertiary/aromatic N) is 2. The molecule has 2 rings (SSSR count). The number of hydrogen-bond acceptors (Lipinski definition) is 3. The van der Waals surface area contributed by atoms with Crippen molar-refractivity contribution in [1.29, 1.82) is 0 Å². The van der Waals surface area contributed by atoms with Crippen molar-refractivity contribution in [3.8, 4) is 0 Å². The summed E-state index contributed by atoms with van der Waals surface area (Å²) in [6.07, 6.45) is 3.07. The minimum Gasteiger partial charge on any atom is -0.389 e. The number of amides is 1. The van der Waals surface area contributed by atoms with Crippen molar-refractivity contribution in [3.63, 3.8) is 0 Å². The van der Waals surface area contributed by atoms with Crippen LogP contribution in [0.25, 0.3) is 0 Å². The zero-order valence-corrected chi connectivity index (χ0v) is 12.3. The largest absolute Gasteiger partial charge is 0.389 e. The standard InChI is InChI=1S/C13H13ClN4OS/c1-8(18-7-9(14)6-16-18)13(19)17-11-5-3-2-4-10(11)12(15)20/h2-8H,1H3,(H2,15,20)(H,17,19). The number of anilines is 1. The van der Waals surface area contributed by atoms with Crippen LogP contribution < -0.4 is 11.1 Å². The summed E-state index contributed by atoms with van der Waals surface area (Å²) >= 11 is 10.7. The van der Waals surface area contributed by atoms with Crippen LogP contribution in [-0.2, 0) is 4.79 Å². The first kappa shape index (κ1) is 14.5. The van der Waals surface area contributed by atoms with Gasteiger partial charge in [0.25, 0.3) is 0 Å². The summed E-state index contributed by atoms with van der Waals surface area (Å²) in [5.74, 6) is -0.228. The summed E-state index contributed by atoms with van der Waals surface area (Å²) in [5.41, 5.74) is 6.83. The van der Waals surface area contributed by atoms with Gasteiger partial charge < -0.3 is 11.1 Å². The normalized spacial score (nSPS) is 11.9. The first-order valence-electron chi connectivity index (χ1n) is 5.88. The van der Waals surface area contributed by atoms with Gasteiger partial charge >= 0.3 is 0 Å². The molecule has 0 radical (unpaired) electrons. The number of aromatic nitrogens is 2. The molecule has 0 aliphatic rings. The number of thiocarbonyl (C=S) groups is 1. The molecule has 0 saturated heterocycles. The molecule has 1 aromatic heterocycles. The number of benzene rings is 1. The number of hydrogen-bond donors (Lipinski definition) is 2. The molecule has 1 unspecified atom stereocenters. The Kier molecular flexibility index (Phi) is 4.36. The van der Waals surface area contributed by atoms with Gasteiger partial charge in [-0.15, -0.1) is 0 Å². The lowest BCUT2D eigenvalue weighted by Crippen LogP contribution is -2.25. The summed E-state index contributed by atoms with van der Waals surface area (Å²) in [6.45, 7) is 1.72. The van der Waals surface area contributed by atoms with E-state index in [0.29, 0.717) is 16.3 Å². The maximum absolute atomic E-state index is 12.2. The number of carbonyl (C=O) groups is 1. The Bertz CT molecular complexity index is 655. The molecule has 7 heteroatoms. The number of para-hydroxylation sites is 1. The lowest BCUT2D eigenvalue weighted by Gasteiger charge is -2.14. The average Bonchev–Trinajstić information content (AvgIpc) is 2.84. The molecule has 0 saturated carbocycles. The second-order valence-electron chi connectivity index (χ2n) is 4.21. The molecule has 1 aromatic carbocycles. The molecule has 1 heterocycles. The molecule has 0 spiro atoms. The first-order valence-corrected chi connectivity index (χ1v) is 6.67. The van der Waals surface area contributed by atoms with E-state index >= 15 is 0 Å². The maximum Gasteiger partial charge on any atom is 0.248 e. The molecule has 2 aromatic rings.